The standard InChI is InChI=1S/C21H15ClFN3O3S/c1-29-14-5-2-12(3-6-14)15-10-30-20-19(15)24-11-26(21(20)28)9-18(27)25-17-7-4-13(23)8-16(17)22/h2-8,10-11H,9H2,1H3,(H,25,27). The second-order valence-corrected chi connectivity index (χ2v) is 7.69. The third kappa shape index (κ3) is 3.92. The summed E-state index contributed by atoms with van der Waals surface area (Å²) in [6.45, 7) is -0.245. The lowest BCUT2D eigenvalue weighted by molar-refractivity contribution is -0.116. The van der Waals surface area contributed by atoms with Gasteiger partial charge >= 0.3 is 0 Å². The van der Waals surface area contributed by atoms with Crippen molar-refractivity contribution in [3.05, 3.63) is 75.4 Å². The average molecular weight is 444 g/mol. The molecular weight excluding hydrogens is 429 g/mol. The molecule has 0 aliphatic heterocycles. The summed E-state index contributed by atoms with van der Waals surface area (Å²) in [5.41, 5.74) is 2.28. The minimum Gasteiger partial charge on any atom is -0.497 e. The van der Waals surface area contributed by atoms with Crippen LogP contribution < -0.4 is 15.6 Å². The number of carbonyl (C=O) groups is 1. The van der Waals surface area contributed by atoms with Crippen LogP contribution in [0.1, 0.15) is 0 Å². The van der Waals surface area contributed by atoms with Gasteiger partial charge in [0.1, 0.15) is 22.8 Å². The first-order valence-corrected chi connectivity index (χ1v) is 10.1. The van der Waals surface area contributed by atoms with Crippen LogP contribution in [-0.2, 0) is 11.3 Å². The molecule has 0 fully saturated rings. The van der Waals surface area contributed by atoms with E-state index >= 15 is 0 Å². The first-order valence-electron chi connectivity index (χ1n) is 8.82. The predicted molar refractivity (Wildman–Crippen MR) is 116 cm³/mol. The Morgan fingerprint density at radius 3 is 2.73 bits per heavy atom. The Bertz CT molecular complexity index is 1300. The fourth-order valence-electron chi connectivity index (χ4n) is 2.97. The number of aromatic nitrogens is 2. The third-order valence-corrected chi connectivity index (χ3v) is 5.74. The number of nitrogens with zero attached hydrogens (tertiary/aromatic N) is 2. The van der Waals surface area contributed by atoms with E-state index in [0.29, 0.717) is 10.2 Å². The summed E-state index contributed by atoms with van der Waals surface area (Å²) in [6, 6.07) is 11.1. The van der Waals surface area contributed by atoms with Crippen molar-refractivity contribution in [3.8, 4) is 16.9 Å². The minimum atomic E-state index is -0.505. The van der Waals surface area contributed by atoms with Gasteiger partial charge in [-0.1, -0.05) is 23.7 Å². The van der Waals surface area contributed by atoms with Crippen LogP contribution in [0.2, 0.25) is 5.02 Å². The number of benzene rings is 2. The lowest BCUT2D eigenvalue weighted by atomic mass is 10.1. The average Bonchev–Trinajstić information content (AvgIpc) is 3.17. The van der Waals surface area contributed by atoms with E-state index in [9.17, 15) is 14.0 Å². The van der Waals surface area contributed by atoms with Crippen molar-refractivity contribution in [3.63, 3.8) is 0 Å². The van der Waals surface area contributed by atoms with Gasteiger partial charge in [0.15, 0.2) is 0 Å². The molecule has 2 heterocycles. The van der Waals surface area contributed by atoms with Gasteiger partial charge in [0.05, 0.1) is 29.7 Å². The number of hydrogen-bond acceptors (Lipinski definition) is 5. The number of methoxy groups -OCH3 is 1. The summed E-state index contributed by atoms with van der Waals surface area (Å²) in [4.78, 5) is 29.6. The summed E-state index contributed by atoms with van der Waals surface area (Å²) in [5, 5.41) is 4.51. The van der Waals surface area contributed by atoms with Gasteiger partial charge in [-0.3, -0.25) is 14.2 Å². The SMILES string of the molecule is COc1ccc(-c2csc3c(=O)n(CC(=O)Nc4ccc(F)cc4Cl)cnc23)cc1. The Labute approximate surface area is 179 Å². The van der Waals surface area contributed by atoms with Crippen molar-refractivity contribution in [1.29, 1.82) is 0 Å². The number of carbonyl (C=O) groups excluding carboxylic acids is 1. The Morgan fingerprint density at radius 2 is 2.03 bits per heavy atom. The smallest absolute Gasteiger partial charge is 0.271 e. The Morgan fingerprint density at radius 1 is 1.27 bits per heavy atom. The molecule has 9 heteroatoms. The molecule has 4 rings (SSSR count). The third-order valence-electron chi connectivity index (χ3n) is 4.47. The van der Waals surface area contributed by atoms with Crippen LogP contribution in [0, 0.1) is 5.82 Å². The van der Waals surface area contributed by atoms with Gasteiger partial charge < -0.3 is 10.1 Å². The maximum Gasteiger partial charge on any atom is 0.271 e. The highest BCUT2D eigenvalue weighted by Crippen LogP contribution is 2.31. The summed E-state index contributed by atoms with van der Waals surface area (Å²) >= 11 is 7.20. The maximum atomic E-state index is 13.1. The number of anilines is 1. The number of thiophene rings is 1. The zero-order valence-electron chi connectivity index (χ0n) is 15.7. The van der Waals surface area contributed by atoms with Crippen LogP contribution in [0.3, 0.4) is 0 Å². The number of ether oxygens (including phenoxy) is 1. The molecule has 0 saturated heterocycles. The van der Waals surface area contributed by atoms with E-state index in [4.69, 9.17) is 16.3 Å². The fraction of sp³-hybridized carbons (Fsp3) is 0.0952. The monoisotopic (exact) mass is 443 g/mol. The molecule has 6 nitrogen and oxygen atoms in total. The van der Waals surface area contributed by atoms with Crippen LogP contribution in [-0.4, -0.2) is 22.6 Å². The first-order chi connectivity index (χ1) is 14.5. The van der Waals surface area contributed by atoms with Crippen LogP contribution in [0.25, 0.3) is 21.3 Å². The minimum absolute atomic E-state index is 0.0756. The summed E-state index contributed by atoms with van der Waals surface area (Å²) in [7, 11) is 1.60. The van der Waals surface area contributed by atoms with Crippen LogP contribution in [0.15, 0.2) is 59.0 Å². The van der Waals surface area contributed by atoms with Crippen molar-refractivity contribution in [2.24, 2.45) is 0 Å². The van der Waals surface area contributed by atoms with Crippen molar-refractivity contribution >= 4 is 44.7 Å². The number of amides is 1. The Balaban J connectivity index is 1.59. The first kappa shape index (κ1) is 20.1. The molecule has 0 radical (unpaired) electrons. The Kier molecular flexibility index (Phi) is 5.52. The molecule has 0 aliphatic carbocycles. The molecule has 4 aromatic rings. The molecule has 0 atom stereocenters. The molecule has 30 heavy (non-hydrogen) atoms. The van der Waals surface area contributed by atoms with E-state index in [0.717, 1.165) is 22.9 Å². The molecule has 1 amide bonds. The topological polar surface area (TPSA) is 73.2 Å². The molecule has 2 aromatic carbocycles. The predicted octanol–water partition coefficient (Wildman–Crippen LogP) is 4.56. The quantitative estimate of drug-likeness (QED) is 0.490. The normalized spacial score (nSPS) is 10.9. The highest BCUT2D eigenvalue weighted by atomic mass is 35.5. The van der Waals surface area contributed by atoms with E-state index in [1.165, 1.54) is 34.4 Å². The van der Waals surface area contributed by atoms with E-state index < -0.39 is 11.7 Å². The fourth-order valence-corrected chi connectivity index (χ4v) is 4.16. The van der Waals surface area contributed by atoms with Crippen molar-refractivity contribution in [1.82, 2.24) is 9.55 Å². The van der Waals surface area contributed by atoms with Gasteiger partial charge in [0.25, 0.3) is 5.56 Å². The van der Waals surface area contributed by atoms with Crippen molar-refractivity contribution in [2.45, 2.75) is 6.54 Å². The van der Waals surface area contributed by atoms with Gasteiger partial charge in [-0.2, -0.15) is 0 Å². The van der Waals surface area contributed by atoms with Crippen molar-refractivity contribution in [2.75, 3.05) is 12.4 Å². The molecule has 0 unspecified atom stereocenters. The number of rotatable bonds is 5. The second kappa shape index (κ2) is 8.25. The zero-order chi connectivity index (χ0) is 21.3. The largest absolute Gasteiger partial charge is 0.497 e. The lowest BCUT2D eigenvalue weighted by Crippen LogP contribution is -2.27. The van der Waals surface area contributed by atoms with Gasteiger partial charge in [0.2, 0.25) is 5.91 Å². The summed E-state index contributed by atoms with van der Waals surface area (Å²) < 4.78 is 20.0. The molecule has 1 N–H and O–H groups in total. The van der Waals surface area contributed by atoms with Gasteiger partial charge in [-0.05, 0) is 35.9 Å². The summed E-state index contributed by atoms with van der Waals surface area (Å²) in [5.74, 6) is -0.242. The van der Waals surface area contributed by atoms with Crippen molar-refractivity contribution < 1.29 is 13.9 Å². The molecule has 0 saturated carbocycles. The van der Waals surface area contributed by atoms with Gasteiger partial charge in [0, 0.05) is 10.9 Å². The van der Waals surface area contributed by atoms with Crippen LogP contribution >= 0.6 is 22.9 Å². The van der Waals surface area contributed by atoms with Gasteiger partial charge in [-0.15, -0.1) is 11.3 Å². The molecule has 2 aromatic heterocycles. The molecule has 0 bridgehead atoms. The van der Waals surface area contributed by atoms with E-state index in [-0.39, 0.29) is 22.8 Å². The van der Waals surface area contributed by atoms with Gasteiger partial charge in [-0.25, -0.2) is 9.37 Å². The highest BCUT2D eigenvalue weighted by Gasteiger charge is 2.15. The number of nitrogens with one attached hydrogen (secondary N) is 1. The summed E-state index contributed by atoms with van der Waals surface area (Å²) in [6.07, 6.45) is 1.34. The van der Waals surface area contributed by atoms with E-state index in [1.54, 1.807) is 7.11 Å². The highest BCUT2D eigenvalue weighted by molar-refractivity contribution is 7.17. The van der Waals surface area contributed by atoms with Crippen LogP contribution in [0.4, 0.5) is 10.1 Å². The second-order valence-electron chi connectivity index (χ2n) is 6.41. The maximum absolute atomic E-state index is 13.1. The Hall–Kier alpha value is -3.23. The van der Waals surface area contributed by atoms with E-state index in [2.05, 4.69) is 10.3 Å². The number of halogens is 2. The number of hydrogen-bond donors (Lipinski definition) is 1. The zero-order valence-corrected chi connectivity index (χ0v) is 17.3. The molecule has 0 spiro atoms. The molecular formula is C21H15ClFN3O3S. The molecule has 0 aliphatic rings. The van der Waals surface area contributed by atoms with E-state index in [1.807, 2.05) is 29.6 Å². The molecule has 152 valence electrons. The van der Waals surface area contributed by atoms with Crippen LogP contribution in [0.5, 0.6) is 5.75 Å². The lowest BCUT2D eigenvalue weighted by Gasteiger charge is -2.09. The number of fused-ring (bicyclic) bond motifs is 1.